The van der Waals surface area contributed by atoms with E-state index in [9.17, 15) is 0 Å². The van der Waals surface area contributed by atoms with Crippen LogP contribution in [0.4, 0.5) is 0 Å². The number of rotatable bonds is 7. The summed E-state index contributed by atoms with van der Waals surface area (Å²) in [6, 6.07) is 19.6. The quantitative estimate of drug-likeness (QED) is 0.296. The molecule has 0 spiro atoms. The summed E-state index contributed by atoms with van der Waals surface area (Å²) in [5.74, 6) is 1.11. The van der Waals surface area contributed by atoms with E-state index < -0.39 is 0 Å². The van der Waals surface area contributed by atoms with Gasteiger partial charge >= 0.3 is 0 Å². The summed E-state index contributed by atoms with van der Waals surface area (Å²) < 4.78 is 0. The Balaban J connectivity index is 1.59. The molecule has 2 aliphatic carbocycles. The Morgan fingerprint density at radius 1 is 0.750 bits per heavy atom. The standard InChI is InChI=1S/C36H46/c1-7-8-9-10-13-29-33-22-25(24(2)3)16-18-30(33)31-19-17-26(23-34(29)31)27-20-21-35(36(4,5)6)32-15-12-11-14-28(27)32/h16-24,29H,7-15H2,1-6H3. The van der Waals surface area contributed by atoms with Crippen molar-refractivity contribution in [2.75, 3.05) is 0 Å². The van der Waals surface area contributed by atoms with Crippen LogP contribution in [0.15, 0.2) is 48.5 Å². The molecule has 36 heavy (non-hydrogen) atoms. The maximum atomic E-state index is 2.58. The van der Waals surface area contributed by atoms with E-state index in [0.29, 0.717) is 11.8 Å². The van der Waals surface area contributed by atoms with Gasteiger partial charge < -0.3 is 0 Å². The molecule has 0 aliphatic heterocycles. The van der Waals surface area contributed by atoms with Gasteiger partial charge in [-0.25, -0.2) is 0 Å². The zero-order chi connectivity index (χ0) is 25.4. The van der Waals surface area contributed by atoms with Gasteiger partial charge in [-0.1, -0.05) is 110 Å². The van der Waals surface area contributed by atoms with E-state index >= 15 is 0 Å². The summed E-state index contributed by atoms with van der Waals surface area (Å²) in [6.45, 7) is 14.1. The molecule has 3 aromatic rings. The summed E-state index contributed by atoms with van der Waals surface area (Å²) >= 11 is 0. The van der Waals surface area contributed by atoms with E-state index in [2.05, 4.69) is 90.1 Å². The molecule has 190 valence electrons. The third-order valence-corrected chi connectivity index (χ3v) is 8.83. The average Bonchev–Trinajstić information content (AvgIpc) is 3.17. The predicted molar refractivity (Wildman–Crippen MR) is 157 cm³/mol. The van der Waals surface area contributed by atoms with Crippen molar-refractivity contribution in [2.24, 2.45) is 0 Å². The third kappa shape index (κ3) is 4.69. The van der Waals surface area contributed by atoms with Crippen LogP contribution in [-0.4, -0.2) is 0 Å². The second-order valence-corrected chi connectivity index (χ2v) is 12.8. The lowest BCUT2D eigenvalue weighted by atomic mass is 9.75. The second-order valence-electron chi connectivity index (χ2n) is 12.8. The molecule has 0 bridgehead atoms. The highest BCUT2D eigenvalue weighted by molar-refractivity contribution is 5.83. The van der Waals surface area contributed by atoms with Crippen molar-refractivity contribution in [1.82, 2.24) is 0 Å². The number of benzene rings is 3. The van der Waals surface area contributed by atoms with Crippen molar-refractivity contribution < 1.29 is 0 Å². The highest BCUT2D eigenvalue weighted by atomic mass is 14.3. The molecule has 0 radical (unpaired) electrons. The van der Waals surface area contributed by atoms with Crippen molar-refractivity contribution >= 4 is 0 Å². The highest BCUT2D eigenvalue weighted by Gasteiger charge is 2.30. The molecule has 0 heterocycles. The van der Waals surface area contributed by atoms with Gasteiger partial charge in [0, 0.05) is 5.92 Å². The number of hydrogen-bond donors (Lipinski definition) is 0. The maximum Gasteiger partial charge on any atom is 0.0102 e. The molecule has 0 aromatic heterocycles. The van der Waals surface area contributed by atoms with Crippen LogP contribution in [-0.2, 0) is 18.3 Å². The molecule has 0 saturated carbocycles. The molecule has 1 unspecified atom stereocenters. The number of hydrogen-bond acceptors (Lipinski definition) is 0. The van der Waals surface area contributed by atoms with Gasteiger partial charge in [0.25, 0.3) is 0 Å². The first kappa shape index (κ1) is 25.3. The van der Waals surface area contributed by atoms with Gasteiger partial charge in [-0.2, -0.15) is 0 Å². The van der Waals surface area contributed by atoms with Crippen LogP contribution >= 0.6 is 0 Å². The molecular formula is C36H46. The van der Waals surface area contributed by atoms with E-state index in [1.807, 2.05) is 0 Å². The second kappa shape index (κ2) is 10.2. The fourth-order valence-electron chi connectivity index (χ4n) is 6.83. The first-order valence-electron chi connectivity index (χ1n) is 14.7. The lowest BCUT2D eigenvalue weighted by molar-refractivity contribution is 0.569. The topological polar surface area (TPSA) is 0 Å². The summed E-state index contributed by atoms with van der Waals surface area (Å²) in [5.41, 5.74) is 15.6. The van der Waals surface area contributed by atoms with Gasteiger partial charge in [-0.05, 0) is 105 Å². The zero-order valence-corrected chi connectivity index (χ0v) is 23.6. The molecule has 0 heteroatoms. The first-order chi connectivity index (χ1) is 17.3. The van der Waals surface area contributed by atoms with Crippen LogP contribution in [0.5, 0.6) is 0 Å². The normalized spacial score (nSPS) is 16.7. The third-order valence-electron chi connectivity index (χ3n) is 8.83. The molecule has 1 atom stereocenters. The van der Waals surface area contributed by atoms with E-state index in [0.717, 1.165) is 0 Å². The van der Waals surface area contributed by atoms with Gasteiger partial charge in [-0.15, -0.1) is 0 Å². The highest BCUT2D eigenvalue weighted by Crippen LogP contribution is 2.49. The minimum atomic E-state index is 0.206. The summed E-state index contributed by atoms with van der Waals surface area (Å²) in [5, 5.41) is 0. The predicted octanol–water partition coefficient (Wildman–Crippen LogP) is 10.7. The molecule has 0 N–H and O–H groups in total. The Morgan fingerprint density at radius 3 is 2.11 bits per heavy atom. The van der Waals surface area contributed by atoms with E-state index in [-0.39, 0.29) is 5.41 Å². The number of unbranched alkanes of at least 4 members (excludes halogenated alkanes) is 3. The Bertz CT molecular complexity index is 1230. The molecule has 2 aliphatic rings. The van der Waals surface area contributed by atoms with Crippen LogP contribution < -0.4 is 0 Å². The fourth-order valence-corrected chi connectivity index (χ4v) is 6.83. The van der Waals surface area contributed by atoms with Gasteiger partial charge in [-0.3, -0.25) is 0 Å². The van der Waals surface area contributed by atoms with Crippen LogP contribution in [0.2, 0.25) is 0 Å². The lowest BCUT2D eigenvalue weighted by Crippen LogP contribution is -2.18. The van der Waals surface area contributed by atoms with E-state index in [1.165, 1.54) is 85.6 Å². The van der Waals surface area contributed by atoms with Crippen molar-refractivity contribution in [1.29, 1.82) is 0 Å². The monoisotopic (exact) mass is 478 g/mol. The van der Waals surface area contributed by atoms with Crippen molar-refractivity contribution in [2.45, 2.75) is 117 Å². The number of fused-ring (bicyclic) bond motifs is 4. The molecule has 0 fully saturated rings. The molecule has 0 amide bonds. The average molecular weight is 479 g/mol. The van der Waals surface area contributed by atoms with Gasteiger partial charge in [0.15, 0.2) is 0 Å². The first-order valence-corrected chi connectivity index (χ1v) is 14.7. The van der Waals surface area contributed by atoms with E-state index in [1.54, 1.807) is 27.8 Å². The van der Waals surface area contributed by atoms with Crippen LogP contribution in [0.25, 0.3) is 22.3 Å². The van der Waals surface area contributed by atoms with Crippen molar-refractivity contribution in [3.63, 3.8) is 0 Å². The molecule has 0 nitrogen and oxygen atoms in total. The molecule has 3 aromatic carbocycles. The minimum Gasteiger partial charge on any atom is -0.0654 e. The summed E-state index contributed by atoms with van der Waals surface area (Å²) in [6.07, 6.45) is 11.7. The van der Waals surface area contributed by atoms with Gasteiger partial charge in [0.2, 0.25) is 0 Å². The van der Waals surface area contributed by atoms with Crippen LogP contribution in [0.1, 0.15) is 132 Å². The molecule has 5 rings (SSSR count). The fraction of sp³-hybridized carbons (Fsp3) is 0.500. The van der Waals surface area contributed by atoms with Crippen molar-refractivity contribution in [3.05, 3.63) is 81.9 Å². The van der Waals surface area contributed by atoms with Crippen molar-refractivity contribution in [3.8, 4) is 22.3 Å². The molecule has 0 saturated heterocycles. The van der Waals surface area contributed by atoms with Gasteiger partial charge in [0.1, 0.15) is 0 Å². The smallest absolute Gasteiger partial charge is 0.0102 e. The minimum absolute atomic E-state index is 0.206. The lowest BCUT2D eigenvalue weighted by Gasteiger charge is -2.29. The Hall–Kier alpha value is -2.34. The van der Waals surface area contributed by atoms with Gasteiger partial charge in [0.05, 0.1) is 0 Å². The SMILES string of the molecule is CCCCCCC1c2cc(-c3ccc(C(C)(C)C)c4c3CCCC4)ccc2-c2ccc(C(C)C)cc21. The Labute approximate surface area is 220 Å². The zero-order valence-electron chi connectivity index (χ0n) is 23.6. The largest absolute Gasteiger partial charge is 0.0654 e. The summed E-state index contributed by atoms with van der Waals surface area (Å²) in [4.78, 5) is 0. The van der Waals surface area contributed by atoms with Crippen LogP contribution in [0.3, 0.4) is 0 Å². The Kier molecular flexibility index (Phi) is 7.17. The summed E-state index contributed by atoms with van der Waals surface area (Å²) in [7, 11) is 0. The Morgan fingerprint density at radius 2 is 1.42 bits per heavy atom. The molecular weight excluding hydrogens is 432 g/mol. The van der Waals surface area contributed by atoms with E-state index in [4.69, 9.17) is 0 Å². The maximum absolute atomic E-state index is 2.58. The van der Waals surface area contributed by atoms with Crippen LogP contribution in [0, 0.1) is 0 Å².